The zero-order valence-electron chi connectivity index (χ0n) is 9.97. The molecule has 0 radical (unpaired) electrons. The quantitative estimate of drug-likeness (QED) is 0.586. The molecule has 9 heteroatoms. The zero-order valence-corrected chi connectivity index (χ0v) is 10.8. The molecule has 0 aliphatic rings. The fraction of sp³-hybridized carbons (Fsp3) is 0. The van der Waals surface area contributed by atoms with Gasteiger partial charge in [0.05, 0.1) is 10.6 Å². The van der Waals surface area contributed by atoms with E-state index in [1.807, 2.05) is 4.72 Å². The average molecular weight is 300 g/mol. The van der Waals surface area contributed by atoms with Gasteiger partial charge in [0.15, 0.2) is 0 Å². The van der Waals surface area contributed by atoms with Crippen molar-refractivity contribution in [3.8, 4) is 0 Å². The van der Waals surface area contributed by atoms with E-state index in [0.29, 0.717) is 0 Å². The van der Waals surface area contributed by atoms with Crippen molar-refractivity contribution >= 4 is 21.5 Å². The number of hydrazine groups is 1. The molecule has 1 aromatic carbocycles. The Kier molecular flexibility index (Phi) is 3.81. The van der Waals surface area contributed by atoms with Gasteiger partial charge in [0.25, 0.3) is 10.0 Å². The largest absolute Gasteiger partial charge is 0.308 e. The van der Waals surface area contributed by atoms with E-state index >= 15 is 0 Å². The van der Waals surface area contributed by atoms with Gasteiger partial charge in [-0.15, -0.1) is 0 Å². The molecular weight excluding hydrogens is 290 g/mol. The molecule has 106 valence electrons. The highest BCUT2D eigenvalue weighted by atomic mass is 32.2. The summed E-state index contributed by atoms with van der Waals surface area (Å²) < 4.78 is 52.5. The molecule has 4 N–H and O–H groups in total. The summed E-state index contributed by atoms with van der Waals surface area (Å²) >= 11 is 0. The van der Waals surface area contributed by atoms with Gasteiger partial charge < -0.3 is 5.43 Å². The van der Waals surface area contributed by atoms with E-state index in [-0.39, 0.29) is 10.7 Å². The predicted molar refractivity (Wildman–Crippen MR) is 69.2 cm³/mol. The number of nitrogen functional groups attached to an aromatic ring is 1. The Balaban J connectivity index is 2.38. The lowest BCUT2D eigenvalue weighted by Crippen LogP contribution is -2.15. The fourth-order valence-corrected chi connectivity index (χ4v) is 2.51. The molecule has 0 atom stereocenters. The Morgan fingerprint density at radius 3 is 2.60 bits per heavy atom. The van der Waals surface area contributed by atoms with Crippen LogP contribution in [0.15, 0.2) is 41.4 Å². The van der Waals surface area contributed by atoms with Gasteiger partial charge in [-0.3, -0.25) is 4.72 Å². The number of halogens is 2. The highest BCUT2D eigenvalue weighted by Crippen LogP contribution is 2.20. The minimum Gasteiger partial charge on any atom is -0.308 e. The van der Waals surface area contributed by atoms with Crippen molar-refractivity contribution in [3.05, 3.63) is 48.2 Å². The monoisotopic (exact) mass is 300 g/mol. The van der Waals surface area contributed by atoms with Crippen molar-refractivity contribution < 1.29 is 17.2 Å². The van der Waals surface area contributed by atoms with Crippen molar-refractivity contribution in [1.82, 2.24) is 4.98 Å². The molecule has 0 unspecified atom stereocenters. The molecule has 0 aliphatic carbocycles. The van der Waals surface area contributed by atoms with Gasteiger partial charge in [-0.25, -0.2) is 28.0 Å². The number of sulfonamides is 1. The number of aromatic nitrogens is 1. The highest BCUT2D eigenvalue weighted by molar-refractivity contribution is 7.92. The van der Waals surface area contributed by atoms with Gasteiger partial charge in [-0.2, -0.15) is 0 Å². The van der Waals surface area contributed by atoms with Crippen LogP contribution in [-0.4, -0.2) is 13.4 Å². The maximum absolute atomic E-state index is 13.4. The maximum Gasteiger partial charge on any atom is 0.262 e. The lowest BCUT2D eigenvalue weighted by molar-refractivity contribution is 0.594. The van der Waals surface area contributed by atoms with Crippen LogP contribution in [0.5, 0.6) is 0 Å². The molecule has 0 amide bonds. The normalized spacial score (nSPS) is 11.2. The average Bonchev–Trinajstić information content (AvgIpc) is 2.43. The standard InChI is InChI=1S/C11H10F2N4O2S/c12-7-1-2-9(13)10(5-7)17-20(18,19)8-3-4-15-11(6-8)16-14/h1-6,17H,14H2,(H,15,16). The summed E-state index contributed by atoms with van der Waals surface area (Å²) in [5.41, 5.74) is 1.70. The van der Waals surface area contributed by atoms with Gasteiger partial charge in [-0.05, 0) is 18.2 Å². The van der Waals surface area contributed by atoms with Gasteiger partial charge in [-0.1, -0.05) is 0 Å². The summed E-state index contributed by atoms with van der Waals surface area (Å²) in [5, 5.41) is 0. The zero-order chi connectivity index (χ0) is 14.8. The van der Waals surface area contributed by atoms with E-state index < -0.39 is 27.3 Å². The lowest BCUT2D eigenvalue weighted by Gasteiger charge is -2.09. The molecule has 2 rings (SSSR count). The molecule has 20 heavy (non-hydrogen) atoms. The minimum absolute atomic E-state index is 0.118. The van der Waals surface area contributed by atoms with Crippen LogP contribution in [-0.2, 0) is 10.0 Å². The number of hydrogen-bond donors (Lipinski definition) is 3. The molecular formula is C11H10F2N4O2S. The summed E-state index contributed by atoms with van der Waals surface area (Å²) in [4.78, 5) is 3.56. The predicted octanol–water partition coefficient (Wildman–Crippen LogP) is 1.45. The van der Waals surface area contributed by atoms with Crippen LogP contribution in [0.3, 0.4) is 0 Å². The van der Waals surface area contributed by atoms with Gasteiger partial charge in [0.1, 0.15) is 17.5 Å². The van der Waals surface area contributed by atoms with Crippen molar-refractivity contribution in [2.45, 2.75) is 4.90 Å². The number of pyridine rings is 1. The summed E-state index contributed by atoms with van der Waals surface area (Å²) in [5.74, 6) is 3.59. The first kappa shape index (κ1) is 14.2. The van der Waals surface area contributed by atoms with Crippen LogP contribution >= 0.6 is 0 Å². The van der Waals surface area contributed by atoms with Crippen molar-refractivity contribution in [2.24, 2.45) is 5.84 Å². The van der Waals surface area contributed by atoms with Crippen LogP contribution < -0.4 is 16.0 Å². The number of anilines is 2. The molecule has 6 nitrogen and oxygen atoms in total. The molecule has 0 bridgehead atoms. The number of hydrogen-bond acceptors (Lipinski definition) is 5. The number of nitrogens with two attached hydrogens (primary N) is 1. The van der Waals surface area contributed by atoms with E-state index in [0.717, 1.165) is 24.3 Å². The Labute approximate surface area is 113 Å². The fourth-order valence-electron chi connectivity index (χ4n) is 1.44. The first-order valence-corrected chi connectivity index (χ1v) is 6.81. The van der Waals surface area contributed by atoms with Gasteiger partial charge >= 0.3 is 0 Å². The molecule has 1 heterocycles. The molecule has 2 aromatic rings. The highest BCUT2D eigenvalue weighted by Gasteiger charge is 2.17. The van der Waals surface area contributed by atoms with Crippen LogP contribution in [0, 0.1) is 11.6 Å². The van der Waals surface area contributed by atoms with Crippen molar-refractivity contribution in [1.29, 1.82) is 0 Å². The minimum atomic E-state index is -4.08. The van der Waals surface area contributed by atoms with Crippen LogP contribution in [0.4, 0.5) is 20.3 Å². The molecule has 0 aliphatic heterocycles. The van der Waals surface area contributed by atoms with Crippen molar-refractivity contribution in [2.75, 3.05) is 10.1 Å². The third-order valence-corrected chi connectivity index (χ3v) is 3.73. The topological polar surface area (TPSA) is 97.1 Å². The van der Waals surface area contributed by atoms with Gasteiger partial charge in [0, 0.05) is 18.3 Å². The van der Waals surface area contributed by atoms with E-state index in [2.05, 4.69) is 10.4 Å². The van der Waals surface area contributed by atoms with E-state index in [4.69, 9.17) is 5.84 Å². The molecule has 1 aromatic heterocycles. The Bertz CT molecular complexity index is 737. The Morgan fingerprint density at radius 2 is 1.90 bits per heavy atom. The second-order valence-corrected chi connectivity index (χ2v) is 5.43. The number of nitrogens with one attached hydrogen (secondary N) is 2. The SMILES string of the molecule is NNc1cc(S(=O)(=O)Nc2cc(F)ccc2F)ccn1. The second-order valence-electron chi connectivity index (χ2n) is 3.75. The molecule has 0 saturated heterocycles. The van der Waals surface area contributed by atoms with Crippen molar-refractivity contribution in [3.63, 3.8) is 0 Å². The van der Waals surface area contributed by atoms with Crippen LogP contribution in [0.2, 0.25) is 0 Å². The summed E-state index contributed by atoms with van der Waals surface area (Å²) in [6.45, 7) is 0. The number of nitrogens with zero attached hydrogens (tertiary/aromatic N) is 1. The summed E-state index contributed by atoms with van der Waals surface area (Å²) in [7, 11) is -4.08. The third kappa shape index (κ3) is 3.00. The second kappa shape index (κ2) is 5.39. The van der Waals surface area contributed by atoms with Gasteiger partial charge in [0.2, 0.25) is 0 Å². The number of benzene rings is 1. The van der Waals surface area contributed by atoms with E-state index in [9.17, 15) is 17.2 Å². The lowest BCUT2D eigenvalue weighted by atomic mass is 10.3. The number of rotatable bonds is 4. The third-order valence-electron chi connectivity index (χ3n) is 2.36. The molecule has 0 fully saturated rings. The Hall–Kier alpha value is -2.26. The van der Waals surface area contributed by atoms with Crippen LogP contribution in [0.1, 0.15) is 0 Å². The van der Waals surface area contributed by atoms with E-state index in [1.165, 1.54) is 12.3 Å². The first-order valence-electron chi connectivity index (χ1n) is 5.33. The van der Waals surface area contributed by atoms with E-state index in [1.54, 1.807) is 0 Å². The summed E-state index contributed by atoms with van der Waals surface area (Å²) in [6.07, 6.45) is 1.21. The molecule has 0 saturated carbocycles. The maximum atomic E-state index is 13.4. The van der Waals surface area contributed by atoms with Crippen LogP contribution in [0.25, 0.3) is 0 Å². The Morgan fingerprint density at radius 1 is 1.15 bits per heavy atom. The smallest absolute Gasteiger partial charge is 0.262 e. The molecule has 0 spiro atoms. The summed E-state index contributed by atoms with van der Waals surface area (Å²) in [6, 6.07) is 4.80. The first-order chi connectivity index (χ1) is 9.42.